The Kier molecular flexibility index (Phi) is 5.01. The van der Waals surface area contributed by atoms with E-state index in [0.717, 1.165) is 35.6 Å². The van der Waals surface area contributed by atoms with Gasteiger partial charge in [0.1, 0.15) is 0 Å². The number of rotatable bonds is 4. The van der Waals surface area contributed by atoms with Crippen molar-refractivity contribution >= 4 is 11.3 Å². The maximum atomic E-state index is 9.16. The lowest BCUT2D eigenvalue weighted by Crippen LogP contribution is -2.29. The van der Waals surface area contributed by atoms with Gasteiger partial charge in [0.25, 0.3) is 5.88 Å². The number of benzene rings is 2. The normalized spacial score (nSPS) is 13.9. The van der Waals surface area contributed by atoms with Crippen LogP contribution in [0.5, 0.6) is 5.88 Å². The molecule has 6 heteroatoms. The van der Waals surface area contributed by atoms with E-state index in [1.807, 2.05) is 34.9 Å². The molecule has 154 valence electrons. The Hall–Kier alpha value is -3.85. The molecule has 1 aliphatic rings. The minimum Gasteiger partial charge on any atom is -0.478 e. The molecule has 0 saturated carbocycles. The molecule has 0 atom stereocenters. The number of nitrogens with zero attached hydrogens (tertiary/aromatic N) is 5. The number of methoxy groups -OCH3 is 1. The van der Waals surface area contributed by atoms with Gasteiger partial charge in [-0.2, -0.15) is 5.26 Å². The lowest BCUT2D eigenvalue weighted by atomic mass is 10.0. The highest BCUT2D eigenvalue weighted by molar-refractivity contribution is 5.82. The van der Waals surface area contributed by atoms with E-state index in [0.29, 0.717) is 17.1 Å². The van der Waals surface area contributed by atoms with Crippen LogP contribution in [0.2, 0.25) is 0 Å². The molecular formula is C25H23N5O. The van der Waals surface area contributed by atoms with Gasteiger partial charge in [0.15, 0.2) is 0 Å². The van der Waals surface area contributed by atoms with E-state index in [-0.39, 0.29) is 0 Å². The maximum absolute atomic E-state index is 9.16. The van der Waals surface area contributed by atoms with Crippen LogP contribution in [-0.2, 0) is 0 Å². The summed E-state index contributed by atoms with van der Waals surface area (Å²) in [6, 6.07) is 18.3. The first-order chi connectivity index (χ1) is 15.3. The van der Waals surface area contributed by atoms with Gasteiger partial charge in [-0.25, -0.2) is 9.97 Å². The highest BCUT2D eigenvalue weighted by atomic mass is 16.5. The van der Waals surface area contributed by atoms with Crippen molar-refractivity contribution in [2.24, 2.45) is 0 Å². The molecule has 2 aromatic heterocycles. The number of hydrogen-bond acceptors (Lipinski definition) is 5. The molecule has 0 aliphatic carbocycles. The minimum absolute atomic E-state index is 0.470. The number of hydrogen-bond donors (Lipinski definition) is 0. The molecule has 0 amide bonds. The molecule has 31 heavy (non-hydrogen) atoms. The SMILES string of the molecule is COc1nc(-c2ccc(C#N)cc2)c(-c2ccc(N3CCCCC3)cc2)n2ccnc12. The number of fused-ring (bicyclic) bond motifs is 1. The van der Waals surface area contributed by atoms with Crippen LogP contribution in [0.4, 0.5) is 5.69 Å². The molecular weight excluding hydrogens is 386 g/mol. The second-order valence-electron chi connectivity index (χ2n) is 7.72. The van der Waals surface area contributed by atoms with Crippen molar-refractivity contribution in [3.63, 3.8) is 0 Å². The van der Waals surface area contributed by atoms with E-state index in [1.54, 1.807) is 13.3 Å². The van der Waals surface area contributed by atoms with Gasteiger partial charge in [0.2, 0.25) is 5.65 Å². The Bertz CT molecular complexity index is 1250. The highest BCUT2D eigenvalue weighted by Gasteiger charge is 2.19. The van der Waals surface area contributed by atoms with Crippen LogP contribution in [0.15, 0.2) is 60.9 Å². The third-order valence-electron chi connectivity index (χ3n) is 5.85. The Balaban J connectivity index is 1.66. The first kappa shape index (κ1) is 19.1. The van der Waals surface area contributed by atoms with Crippen molar-refractivity contribution in [3.05, 3.63) is 66.5 Å². The Labute approximate surface area is 181 Å². The van der Waals surface area contributed by atoms with Crippen LogP contribution in [0, 0.1) is 11.3 Å². The molecule has 1 saturated heterocycles. The van der Waals surface area contributed by atoms with Crippen LogP contribution >= 0.6 is 0 Å². The monoisotopic (exact) mass is 409 g/mol. The topological polar surface area (TPSA) is 66.5 Å². The Morgan fingerprint density at radius 3 is 2.32 bits per heavy atom. The molecule has 1 aliphatic heterocycles. The van der Waals surface area contributed by atoms with Gasteiger partial charge in [-0.15, -0.1) is 0 Å². The maximum Gasteiger partial charge on any atom is 0.258 e. The summed E-state index contributed by atoms with van der Waals surface area (Å²) in [5.41, 5.74) is 6.26. The number of anilines is 1. The zero-order chi connectivity index (χ0) is 21.2. The Morgan fingerprint density at radius 2 is 1.65 bits per heavy atom. The standard InChI is InChI=1S/C25H23N5O/c1-31-25-24-27-13-16-30(24)23(22(28-25)19-7-5-18(17-26)6-8-19)20-9-11-21(12-10-20)29-14-3-2-4-15-29/h5-13,16H,2-4,14-15H2,1H3. The van der Waals surface area contributed by atoms with Gasteiger partial charge in [0.05, 0.1) is 30.1 Å². The van der Waals surface area contributed by atoms with Crippen molar-refractivity contribution in [1.82, 2.24) is 14.4 Å². The van der Waals surface area contributed by atoms with E-state index in [1.165, 1.54) is 24.9 Å². The van der Waals surface area contributed by atoms with Crippen molar-refractivity contribution in [2.75, 3.05) is 25.1 Å². The fourth-order valence-electron chi connectivity index (χ4n) is 4.26. The van der Waals surface area contributed by atoms with Crippen LogP contribution in [-0.4, -0.2) is 34.6 Å². The van der Waals surface area contributed by atoms with Crippen molar-refractivity contribution in [1.29, 1.82) is 5.26 Å². The number of nitriles is 1. The molecule has 0 N–H and O–H groups in total. The molecule has 3 heterocycles. The fraction of sp³-hybridized carbons (Fsp3) is 0.240. The predicted molar refractivity (Wildman–Crippen MR) is 121 cm³/mol. The van der Waals surface area contributed by atoms with Crippen molar-refractivity contribution in [3.8, 4) is 34.5 Å². The summed E-state index contributed by atoms with van der Waals surface area (Å²) in [4.78, 5) is 11.7. The Morgan fingerprint density at radius 1 is 0.935 bits per heavy atom. The predicted octanol–water partition coefficient (Wildman–Crippen LogP) is 4.93. The lowest BCUT2D eigenvalue weighted by molar-refractivity contribution is 0.401. The zero-order valence-electron chi connectivity index (χ0n) is 17.5. The van der Waals surface area contributed by atoms with Gasteiger partial charge < -0.3 is 9.64 Å². The van der Waals surface area contributed by atoms with Gasteiger partial charge in [0, 0.05) is 42.3 Å². The first-order valence-corrected chi connectivity index (χ1v) is 10.6. The van der Waals surface area contributed by atoms with Gasteiger partial charge in [-0.05, 0) is 43.5 Å². The summed E-state index contributed by atoms with van der Waals surface area (Å²) < 4.78 is 7.55. The molecule has 1 fully saturated rings. The second kappa shape index (κ2) is 8.11. The molecule has 6 nitrogen and oxygen atoms in total. The molecule has 5 rings (SSSR count). The molecule has 0 radical (unpaired) electrons. The molecule has 0 bridgehead atoms. The van der Waals surface area contributed by atoms with E-state index < -0.39 is 0 Å². The van der Waals surface area contributed by atoms with E-state index in [4.69, 9.17) is 15.0 Å². The fourth-order valence-corrected chi connectivity index (χ4v) is 4.26. The third kappa shape index (κ3) is 3.49. The zero-order valence-corrected chi connectivity index (χ0v) is 17.5. The van der Waals surface area contributed by atoms with Crippen LogP contribution in [0.1, 0.15) is 24.8 Å². The number of ether oxygens (including phenoxy) is 1. The van der Waals surface area contributed by atoms with E-state index in [2.05, 4.69) is 40.2 Å². The highest BCUT2D eigenvalue weighted by Crippen LogP contribution is 2.35. The van der Waals surface area contributed by atoms with Crippen LogP contribution < -0.4 is 9.64 Å². The summed E-state index contributed by atoms with van der Waals surface area (Å²) in [6.07, 6.45) is 7.51. The van der Waals surface area contributed by atoms with Gasteiger partial charge >= 0.3 is 0 Å². The quantitative estimate of drug-likeness (QED) is 0.478. The molecule has 2 aromatic carbocycles. The van der Waals surface area contributed by atoms with E-state index in [9.17, 15) is 0 Å². The summed E-state index contributed by atoms with van der Waals surface area (Å²) in [6.45, 7) is 2.23. The van der Waals surface area contributed by atoms with Crippen molar-refractivity contribution in [2.45, 2.75) is 19.3 Å². The number of piperidine rings is 1. The van der Waals surface area contributed by atoms with Crippen LogP contribution in [0.3, 0.4) is 0 Å². The number of aromatic nitrogens is 3. The largest absolute Gasteiger partial charge is 0.478 e. The third-order valence-corrected chi connectivity index (χ3v) is 5.85. The first-order valence-electron chi connectivity index (χ1n) is 10.6. The summed E-state index contributed by atoms with van der Waals surface area (Å²) in [7, 11) is 1.60. The minimum atomic E-state index is 0.470. The van der Waals surface area contributed by atoms with E-state index >= 15 is 0 Å². The lowest BCUT2D eigenvalue weighted by Gasteiger charge is -2.29. The molecule has 0 unspecified atom stereocenters. The average Bonchev–Trinajstić information content (AvgIpc) is 3.34. The smallest absolute Gasteiger partial charge is 0.258 e. The van der Waals surface area contributed by atoms with Gasteiger partial charge in [-0.1, -0.05) is 24.3 Å². The molecule has 4 aromatic rings. The summed E-state index contributed by atoms with van der Waals surface area (Å²) >= 11 is 0. The van der Waals surface area contributed by atoms with Crippen molar-refractivity contribution < 1.29 is 4.74 Å². The number of imidazole rings is 1. The average molecular weight is 409 g/mol. The summed E-state index contributed by atoms with van der Waals surface area (Å²) in [5.74, 6) is 0.470. The van der Waals surface area contributed by atoms with Gasteiger partial charge in [-0.3, -0.25) is 4.40 Å². The second-order valence-corrected chi connectivity index (χ2v) is 7.72. The molecule has 0 spiro atoms. The van der Waals surface area contributed by atoms with Crippen LogP contribution in [0.25, 0.3) is 28.2 Å². The summed E-state index contributed by atoms with van der Waals surface area (Å²) in [5, 5.41) is 9.16.